The Hall–Kier alpha value is -0.520. The van der Waals surface area contributed by atoms with Crippen molar-refractivity contribution in [3.63, 3.8) is 0 Å². The number of aliphatic hydroxyl groups excluding tert-OH is 2. The van der Waals surface area contributed by atoms with Gasteiger partial charge < -0.3 is 14.9 Å². The fourth-order valence-corrected chi connectivity index (χ4v) is 1.15. The number of nitroso groups, excluding NO2 is 1. The lowest BCUT2D eigenvalue weighted by Gasteiger charge is -2.31. The van der Waals surface area contributed by atoms with Crippen molar-refractivity contribution in [2.45, 2.75) is 37.9 Å². The van der Waals surface area contributed by atoms with Gasteiger partial charge in [-0.15, -0.1) is 0 Å². The zero-order valence-corrected chi connectivity index (χ0v) is 6.17. The number of hydrogen-bond acceptors (Lipinski definition) is 5. The Morgan fingerprint density at radius 3 is 2.73 bits per heavy atom. The van der Waals surface area contributed by atoms with Gasteiger partial charge in [-0.2, -0.15) is 4.91 Å². The number of rotatable bonds is 1. The van der Waals surface area contributed by atoms with Gasteiger partial charge in [0.25, 0.3) is 0 Å². The molecule has 1 fully saturated rings. The van der Waals surface area contributed by atoms with Crippen LogP contribution in [0.4, 0.5) is 0 Å². The molecule has 1 aliphatic heterocycles. The average Bonchev–Trinajstić information content (AvgIpc) is 1.96. The average molecular weight is 161 g/mol. The third-order valence-corrected chi connectivity index (χ3v) is 1.77. The van der Waals surface area contributed by atoms with E-state index >= 15 is 0 Å². The Morgan fingerprint density at radius 2 is 2.18 bits per heavy atom. The van der Waals surface area contributed by atoms with Crippen LogP contribution in [-0.2, 0) is 4.74 Å². The Labute approximate surface area is 64.0 Å². The molecule has 0 aromatic rings. The van der Waals surface area contributed by atoms with Gasteiger partial charge >= 0.3 is 0 Å². The standard InChI is InChI=1S/C6H11NO4/c1-3-2-4(7-10)5(8)6(9)11-3/h3-6,8-9H,2H2,1H3/t3?,4?,5?,6-/m0/s1. The highest BCUT2D eigenvalue weighted by Gasteiger charge is 2.35. The van der Waals surface area contributed by atoms with E-state index in [1.54, 1.807) is 6.92 Å². The van der Waals surface area contributed by atoms with Gasteiger partial charge in [-0.25, -0.2) is 0 Å². The van der Waals surface area contributed by atoms with E-state index in [2.05, 4.69) is 5.18 Å². The summed E-state index contributed by atoms with van der Waals surface area (Å²) in [5, 5.41) is 20.8. The quantitative estimate of drug-likeness (QED) is 0.513. The molecule has 11 heavy (non-hydrogen) atoms. The summed E-state index contributed by atoms with van der Waals surface area (Å²) in [6, 6.07) is -0.742. The van der Waals surface area contributed by atoms with Gasteiger partial charge in [0.2, 0.25) is 0 Å². The molecule has 2 N–H and O–H groups in total. The van der Waals surface area contributed by atoms with E-state index in [0.29, 0.717) is 6.42 Å². The van der Waals surface area contributed by atoms with E-state index in [9.17, 15) is 4.91 Å². The molecule has 4 atom stereocenters. The van der Waals surface area contributed by atoms with Crippen LogP contribution >= 0.6 is 0 Å². The molecule has 0 bridgehead atoms. The summed E-state index contributed by atoms with van der Waals surface area (Å²) in [7, 11) is 0. The van der Waals surface area contributed by atoms with Crippen molar-refractivity contribution in [1.82, 2.24) is 0 Å². The highest BCUT2D eigenvalue weighted by Crippen LogP contribution is 2.20. The third-order valence-electron chi connectivity index (χ3n) is 1.77. The van der Waals surface area contributed by atoms with Crippen LogP contribution in [0.2, 0.25) is 0 Å². The first-order valence-corrected chi connectivity index (χ1v) is 3.49. The predicted octanol–water partition coefficient (Wildman–Crippen LogP) is -0.391. The lowest BCUT2D eigenvalue weighted by Crippen LogP contribution is -2.46. The normalized spacial score (nSPS) is 45.4. The van der Waals surface area contributed by atoms with Crippen molar-refractivity contribution in [1.29, 1.82) is 0 Å². The van der Waals surface area contributed by atoms with Gasteiger partial charge in [-0.3, -0.25) is 0 Å². The first-order chi connectivity index (χ1) is 5.15. The Balaban J connectivity index is 2.58. The van der Waals surface area contributed by atoms with Crippen molar-refractivity contribution in [3.05, 3.63) is 4.91 Å². The summed E-state index contributed by atoms with van der Waals surface area (Å²) in [4.78, 5) is 10.1. The van der Waals surface area contributed by atoms with E-state index in [1.165, 1.54) is 0 Å². The van der Waals surface area contributed by atoms with Gasteiger partial charge in [0.05, 0.1) is 6.10 Å². The highest BCUT2D eigenvalue weighted by molar-refractivity contribution is 4.83. The molecular formula is C6H11NO4. The van der Waals surface area contributed by atoms with Gasteiger partial charge in [-0.05, 0) is 6.92 Å². The van der Waals surface area contributed by atoms with Crippen LogP contribution in [0.5, 0.6) is 0 Å². The summed E-state index contributed by atoms with van der Waals surface area (Å²) in [5.74, 6) is 0. The summed E-state index contributed by atoms with van der Waals surface area (Å²) in [6.07, 6.45) is -2.32. The van der Waals surface area contributed by atoms with Crippen molar-refractivity contribution >= 4 is 0 Å². The Bertz CT molecular complexity index is 152. The number of hydrogen-bond donors (Lipinski definition) is 2. The molecule has 0 aliphatic carbocycles. The van der Waals surface area contributed by atoms with Gasteiger partial charge in [0.1, 0.15) is 12.1 Å². The van der Waals surface area contributed by atoms with Crippen LogP contribution in [0.1, 0.15) is 13.3 Å². The van der Waals surface area contributed by atoms with Crippen LogP contribution in [0.3, 0.4) is 0 Å². The van der Waals surface area contributed by atoms with E-state index < -0.39 is 18.4 Å². The molecule has 0 aromatic heterocycles. The minimum Gasteiger partial charge on any atom is -0.385 e. The van der Waals surface area contributed by atoms with Crippen LogP contribution in [0.25, 0.3) is 0 Å². The van der Waals surface area contributed by atoms with Crippen molar-refractivity contribution < 1.29 is 14.9 Å². The topological polar surface area (TPSA) is 79.1 Å². The molecule has 0 saturated carbocycles. The van der Waals surface area contributed by atoms with E-state index in [4.69, 9.17) is 14.9 Å². The fourth-order valence-electron chi connectivity index (χ4n) is 1.15. The molecule has 5 nitrogen and oxygen atoms in total. The molecule has 0 radical (unpaired) electrons. The van der Waals surface area contributed by atoms with Crippen molar-refractivity contribution in [2.75, 3.05) is 0 Å². The Kier molecular flexibility index (Phi) is 2.53. The van der Waals surface area contributed by atoms with Crippen LogP contribution in [0.15, 0.2) is 5.18 Å². The maximum atomic E-state index is 10.1. The molecular weight excluding hydrogens is 150 g/mol. The first-order valence-electron chi connectivity index (χ1n) is 3.49. The maximum absolute atomic E-state index is 10.1. The first kappa shape index (κ1) is 8.58. The van der Waals surface area contributed by atoms with Crippen LogP contribution in [-0.4, -0.2) is 34.8 Å². The summed E-state index contributed by atoms with van der Waals surface area (Å²) in [6.45, 7) is 1.72. The minimum absolute atomic E-state index is 0.226. The lowest BCUT2D eigenvalue weighted by molar-refractivity contribution is -0.216. The minimum atomic E-state index is -1.28. The van der Waals surface area contributed by atoms with Crippen LogP contribution in [0, 0.1) is 4.91 Å². The highest BCUT2D eigenvalue weighted by atomic mass is 16.6. The van der Waals surface area contributed by atoms with Crippen molar-refractivity contribution in [3.8, 4) is 0 Å². The van der Waals surface area contributed by atoms with Crippen molar-refractivity contribution in [2.24, 2.45) is 5.18 Å². The van der Waals surface area contributed by atoms with E-state index in [1.807, 2.05) is 0 Å². The molecule has 1 rings (SSSR count). The Morgan fingerprint density at radius 1 is 1.55 bits per heavy atom. The molecule has 0 aromatic carbocycles. The zero-order chi connectivity index (χ0) is 8.43. The largest absolute Gasteiger partial charge is 0.385 e. The predicted molar refractivity (Wildman–Crippen MR) is 36.8 cm³/mol. The van der Waals surface area contributed by atoms with Gasteiger partial charge in [-0.1, -0.05) is 5.18 Å². The fraction of sp³-hybridized carbons (Fsp3) is 1.00. The molecule has 1 heterocycles. The molecule has 1 aliphatic rings. The van der Waals surface area contributed by atoms with Gasteiger partial charge in [0, 0.05) is 6.42 Å². The summed E-state index contributed by atoms with van der Waals surface area (Å²) in [5.41, 5.74) is 0. The molecule has 1 saturated heterocycles. The second-order valence-electron chi connectivity index (χ2n) is 2.74. The second kappa shape index (κ2) is 3.25. The zero-order valence-electron chi connectivity index (χ0n) is 6.17. The second-order valence-corrected chi connectivity index (χ2v) is 2.74. The number of aliphatic hydroxyl groups is 2. The monoisotopic (exact) mass is 161 g/mol. The molecule has 0 spiro atoms. The lowest BCUT2D eigenvalue weighted by atomic mass is 10.0. The number of nitrogens with zero attached hydrogens (tertiary/aromatic N) is 1. The van der Waals surface area contributed by atoms with Crippen LogP contribution < -0.4 is 0 Å². The van der Waals surface area contributed by atoms with Gasteiger partial charge in [0.15, 0.2) is 6.29 Å². The third kappa shape index (κ3) is 1.74. The SMILES string of the molecule is CC1CC(N=O)C(O)[C@@H](O)O1. The molecule has 64 valence electrons. The summed E-state index contributed by atoms with van der Waals surface area (Å²) >= 11 is 0. The molecule has 3 unspecified atom stereocenters. The molecule has 5 heteroatoms. The summed E-state index contributed by atoms with van der Waals surface area (Å²) < 4.78 is 4.84. The smallest absolute Gasteiger partial charge is 0.183 e. The number of ether oxygens (including phenoxy) is 1. The molecule has 0 amide bonds. The van der Waals surface area contributed by atoms with E-state index in [0.717, 1.165) is 0 Å². The van der Waals surface area contributed by atoms with E-state index in [-0.39, 0.29) is 6.10 Å². The maximum Gasteiger partial charge on any atom is 0.183 e.